The Bertz CT molecular complexity index is 1640. The molecule has 2 bridgehead atoms. The van der Waals surface area contributed by atoms with Crippen LogP contribution in [0.5, 0.6) is 0 Å². The molecule has 2 aliphatic heterocycles. The molecule has 0 aromatic heterocycles. The molecule has 6 rings (SSSR count). The van der Waals surface area contributed by atoms with Crippen molar-refractivity contribution in [2.24, 2.45) is 16.7 Å². The average molecular weight is 691 g/mol. The molecule has 10 atom stereocenters. The van der Waals surface area contributed by atoms with Crippen LogP contribution in [0.4, 0.5) is 9.59 Å². The molecular formula is C33H35ClO14. The van der Waals surface area contributed by atoms with Gasteiger partial charge < -0.3 is 38.3 Å². The summed E-state index contributed by atoms with van der Waals surface area (Å²) in [5.74, 6) is -4.97. The van der Waals surface area contributed by atoms with Gasteiger partial charge >= 0.3 is 29.5 Å². The summed E-state index contributed by atoms with van der Waals surface area (Å²) < 4.78 is 41.3. The Morgan fingerprint density at radius 1 is 0.979 bits per heavy atom. The Morgan fingerprint density at radius 2 is 1.65 bits per heavy atom. The molecule has 3 aliphatic carbocycles. The molecule has 1 N–H and O–H groups in total. The Kier molecular flexibility index (Phi) is 7.96. The lowest BCUT2D eigenvalue weighted by Gasteiger charge is -2.67. The fourth-order valence-electron chi connectivity index (χ4n) is 8.91. The standard InChI is InChI=1S/C33H35ClO14/c1-14-20-22(43-15(2)35)24(38)31(6)18(44-28(34)40)12-19-32(13-42-19,47-16(3)36)23(31)26(45-27(39)17-10-8-7-9-11-17)33(30(20,4)5)25(21(14)37)46-29(41)48-33/h7-11,18-19,21-23,25-26,37H,12-13H2,1-6H3/t18-,19+,21+,22+,23-,25-,26-,31?,32-,33?/m0/s1. The van der Waals surface area contributed by atoms with Crippen LogP contribution in [-0.4, -0.2) is 94.8 Å². The van der Waals surface area contributed by atoms with Crippen molar-refractivity contribution in [1.82, 2.24) is 0 Å². The van der Waals surface area contributed by atoms with Gasteiger partial charge in [-0.3, -0.25) is 14.4 Å². The zero-order valence-corrected chi connectivity index (χ0v) is 27.7. The predicted octanol–water partition coefficient (Wildman–Crippen LogP) is 3.19. The summed E-state index contributed by atoms with van der Waals surface area (Å²) in [6, 6.07) is 7.82. The molecule has 14 nitrogen and oxygen atoms in total. The highest BCUT2D eigenvalue weighted by Gasteiger charge is 2.83. The number of hydrogen-bond acceptors (Lipinski definition) is 14. The molecule has 2 unspecified atom stereocenters. The zero-order chi connectivity index (χ0) is 35.1. The number of ketones is 1. The number of hydrogen-bond donors (Lipinski definition) is 1. The number of carbonyl (C=O) groups excluding carboxylic acids is 6. The van der Waals surface area contributed by atoms with E-state index in [-0.39, 0.29) is 29.7 Å². The van der Waals surface area contributed by atoms with E-state index in [0.717, 1.165) is 13.8 Å². The van der Waals surface area contributed by atoms with Gasteiger partial charge in [0.25, 0.3) is 0 Å². The van der Waals surface area contributed by atoms with Gasteiger partial charge in [-0.1, -0.05) is 32.0 Å². The fourth-order valence-corrected chi connectivity index (χ4v) is 9.01. The third-order valence-corrected chi connectivity index (χ3v) is 11.0. The normalized spacial score (nSPS) is 39.0. The molecular weight excluding hydrogens is 656 g/mol. The number of Topliss-reactive ketones (excluding diaryl/α,β-unsaturated/α-hetero) is 1. The third-order valence-electron chi connectivity index (χ3n) is 10.9. The summed E-state index contributed by atoms with van der Waals surface area (Å²) in [5.41, 5.74) is -8.62. The van der Waals surface area contributed by atoms with E-state index in [1.807, 2.05) is 0 Å². The molecule has 5 aliphatic rings. The summed E-state index contributed by atoms with van der Waals surface area (Å²) >= 11 is 5.76. The van der Waals surface area contributed by atoms with Crippen LogP contribution < -0.4 is 0 Å². The van der Waals surface area contributed by atoms with E-state index >= 15 is 4.79 Å². The molecule has 4 fully saturated rings. The smallest absolute Gasteiger partial charge is 0.454 e. The van der Waals surface area contributed by atoms with Crippen molar-refractivity contribution in [3.8, 4) is 0 Å². The largest absolute Gasteiger partial charge is 0.509 e. The van der Waals surface area contributed by atoms with Crippen LogP contribution in [0.25, 0.3) is 0 Å². The molecule has 0 amide bonds. The van der Waals surface area contributed by atoms with Gasteiger partial charge in [-0.25, -0.2) is 14.4 Å². The first-order valence-corrected chi connectivity index (χ1v) is 15.7. The summed E-state index contributed by atoms with van der Waals surface area (Å²) in [7, 11) is 0. The minimum atomic E-state index is -2.17. The predicted molar refractivity (Wildman–Crippen MR) is 159 cm³/mol. The van der Waals surface area contributed by atoms with Crippen molar-refractivity contribution in [3.05, 3.63) is 47.0 Å². The van der Waals surface area contributed by atoms with Gasteiger partial charge in [0.05, 0.1) is 23.5 Å². The summed E-state index contributed by atoms with van der Waals surface area (Å²) in [6.45, 7) is 7.95. The number of ether oxygens (including phenoxy) is 7. The van der Waals surface area contributed by atoms with Crippen LogP contribution >= 0.6 is 11.6 Å². The van der Waals surface area contributed by atoms with E-state index in [4.69, 9.17) is 44.8 Å². The number of rotatable bonds is 5. The van der Waals surface area contributed by atoms with E-state index in [2.05, 4.69) is 0 Å². The molecule has 2 heterocycles. The zero-order valence-electron chi connectivity index (χ0n) is 27.0. The Hall–Kier alpha value is -4.01. The quantitative estimate of drug-likeness (QED) is 0.205. The number of benzene rings is 1. The SMILES string of the molecule is CC(=O)O[C@H]1C(=O)C2(C)[C@@H](OC(=O)Cl)C[C@H]3OC[C@@]3(OC(C)=O)[C@H]2[C@H](OC(=O)c2ccccc2)C23OC(=O)O[C@H]2[C@H](O)C(C)=C1C3(C)C. The topological polar surface area (TPSA) is 187 Å². The lowest BCUT2D eigenvalue weighted by Crippen LogP contribution is -2.83. The minimum absolute atomic E-state index is 0.0506. The molecule has 48 heavy (non-hydrogen) atoms. The second-order valence-electron chi connectivity index (χ2n) is 13.6. The lowest BCUT2D eigenvalue weighted by molar-refractivity contribution is -0.344. The highest BCUT2D eigenvalue weighted by Crippen LogP contribution is 2.67. The molecule has 1 aromatic rings. The Morgan fingerprint density at radius 3 is 2.21 bits per heavy atom. The fraction of sp³-hybridized carbons (Fsp3) is 0.576. The third kappa shape index (κ3) is 4.52. The molecule has 1 spiro atoms. The van der Waals surface area contributed by atoms with Crippen molar-refractivity contribution in [3.63, 3.8) is 0 Å². The van der Waals surface area contributed by atoms with Crippen molar-refractivity contribution < 1.29 is 67.0 Å². The molecule has 2 saturated carbocycles. The van der Waals surface area contributed by atoms with Crippen LogP contribution in [0.1, 0.15) is 58.3 Å². The minimum Gasteiger partial charge on any atom is -0.454 e. The summed E-state index contributed by atoms with van der Waals surface area (Å²) in [6.07, 6.45) is -10.7. The number of fused-ring (bicyclic) bond motifs is 4. The number of esters is 3. The van der Waals surface area contributed by atoms with Crippen molar-refractivity contribution in [2.75, 3.05) is 6.61 Å². The van der Waals surface area contributed by atoms with E-state index < -0.39 is 99.8 Å². The highest BCUT2D eigenvalue weighted by molar-refractivity contribution is 6.61. The van der Waals surface area contributed by atoms with E-state index in [0.29, 0.717) is 0 Å². The van der Waals surface area contributed by atoms with E-state index in [9.17, 15) is 29.1 Å². The average Bonchev–Trinajstić information content (AvgIpc) is 3.37. The first-order valence-electron chi connectivity index (χ1n) is 15.4. The van der Waals surface area contributed by atoms with Crippen LogP contribution in [-0.2, 0) is 47.5 Å². The highest BCUT2D eigenvalue weighted by atomic mass is 35.5. The number of carbonyl (C=O) groups is 6. The van der Waals surface area contributed by atoms with Gasteiger partial charge in [0.15, 0.2) is 29.7 Å². The van der Waals surface area contributed by atoms with Crippen LogP contribution in [0.2, 0.25) is 0 Å². The van der Waals surface area contributed by atoms with Crippen molar-refractivity contribution in [2.45, 2.75) is 95.8 Å². The first kappa shape index (κ1) is 33.9. The van der Waals surface area contributed by atoms with Crippen LogP contribution in [0.15, 0.2) is 41.5 Å². The number of aliphatic hydroxyl groups is 1. The maximum absolute atomic E-state index is 15.3. The second kappa shape index (κ2) is 11.3. The van der Waals surface area contributed by atoms with Gasteiger partial charge in [0.1, 0.15) is 18.3 Å². The molecule has 2 saturated heterocycles. The van der Waals surface area contributed by atoms with Gasteiger partial charge in [0.2, 0.25) is 5.60 Å². The maximum atomic E-state index is 15.3. The van der Waals surface area contributed by atoms with Gasteiger partial charge in [-0.05, 0) is 37.1 Å². The summed E-state index contributed by atoms with van der Waals surface area (Å²) in [4.78, 5) is 80.5. The first-order chi connectivity index (χ1) is 22.4. The van der Waals surface area contributed by atoms with Crippen LogP contribution in [0.3, 0.4) is 0 Å². The van der Waals surface area contributed by atoms with E-state index in [1.54, 1.807) is 32.0 Å². The maximum Gasteiger partial charge on any atom is 0.509 e. The van der Waals surface area contributed by atoms with Gasteiger partial charge in [-0.2, -0.15) is 0 Å². The van der Waals surface area contributed by atoms with E-state index in [1.165, 1.54) is 26.0 Å². The Labute approximate surface area is 279 Å². The molecule has 258 valence electrons. The van der Waals surface area contributed by atoms with Crippen LogP contribution in [0, 0.1) is 16.7 Å². The molecule has 0 radical (unpaired) electrons. The Balaban J connectivity index is 1.74. The number of halogens is 1. The van der Waals surface area contributed by atoms with Gasteiger partial charge in [-0.15, -0.1) is 0 Å². The summed E-state index contributed by atoms with van der Waals surface area (Å²) in [5, 5.41) is 11.8. The van der Waals surface area contributed by atoms with Gasteiger partial charge in [0, 0.05) is 37.3 Å². The number of aliphatic hydroxyl groups excluding tert-OH is 1. The second-order valence-corrected chi connectivity index (χ2v) is 13.9. The monoisotopic (exact) mass is 690 g/mol. The lowest BCUT2D eigenvalue weighted by atomic mass is 9.44. The van der Waals surface area contributed by atoms with Crippen molar-refractivity contribution >= 4 is 46.9 Å². The molecule has 1 aromatic carbocycles. The van der Waals surface area contributed by atoms with Crippen molar-refractivity contribution in [1.29, 1.82) is 0 Å². The molecule has 15 heteroatoms.